The molecule has 1 aliphatic carbocycles. The van der Waals surface area contributed by atoms with Crippen LogP contribution in [0.5, 0.6) is 0 Å². The van der Waals surface area contributed by atoms with Crippen LogP contribution in [0.4, 0.5) is 4.79 Å². The summed E-state index contributed by atoms with van der Waals surface area (Å²) in [4.78, 5) is 37.2. The molecule has 4 rings (SSSR count). The Labute approximate surface area is 187 Å². The van der Waals surface area contributed by atoms with E-state index in [0.29, 0.717) is 25.4 Å². The molecule has 1 heterocycles. The number of carboxylic acid groups (broad SMARTS) is 1. The summed E-state index contributed by atoms with van der Waals surface area (Å²) >= 11 is 0. The molecule has 2 aliphatic rings. The molecule has 2 amide bonds. The first-order valence-corrected chi connectivity index (χ1v) is 11.1. The molecule has 1 fully saturated rings. The third-order valence-electron chi connectivity index (χ3n) is 6.32. The molecule has 1 saturated heterocycles. The summed E-state index contributed by atoms with van der Waals surface area (Å²) in [5.74, 6) is -0.632. The van der Waals surface area contributed by atoms with Crippen molar-refractivity contribution in [3.63, 3.8) is 0 Å². The smallest absolute Gasteiger partial charge is 0.407 e. The van der Waals surface area contributed by atoms with E-state index in [-0.39, 0.29) is 24.9 Å². The van der Waals surface area contributed by atoms with E-state index < -0.39 is 18.1 Å². The van der Waals surface area contributed by atoms with Crippen LogP contribution in [0.3, 0.4) is 0 Å². The summed E-state index contributed by atoms with van der Waals surface area (Å²) in [6.45, 7) is 3.07. The lowest BCUT2D eigenvalue weighted by molar-refractivity contribution is -0.140. The van der Waals surface area contributed by atoms with E-state index >= 15 is 0 Å². The normalized spacial score (nSPS) is 16.0. The minimum absolute atomic E-state index is 0.0268. The first-order chi connectivity index (χ1) is 15.4. The van der Waals surface area contributed by atoms with Crippen molar-refractivity contribution in [3.05, 3.63) is 59.7 Å². The summed E-state index contributed by atoms with van der Waals surface area (Å²) in [7, 11) is 0. The lowest BCUT2D eigenvalue weighted by Crippen LogP contribution is -2.56. The van der Waals surface area contributed by atoms with Gasteiger partial charge in [-0.15, -0.1) is 0 Å². The highest BCUT2D eigenvalue weighted by molar-refractivity contribution is 5.86. The Morgan fingerprint density at radius 2 is 1.66 bits per heavy atom. The summed E-state index contributed by atoms with van der Waals surface area (Å²) in [6, 6.07) is 15.6. The highest BCUT2D eigenvalue weighted by Crippen LogP contribution is 2.44. The number of fused-ring (bicyclic) bond motifs is 3. The minimum Gasteiger partial charge on any atom is -0.481 e. The number of carboxylic acids is 1. The van der Waals surface area contributed by atoms with Gasteiger partial charge in [0.15, 0.2) is 0 Å². The Bertz CT molecular complexity index is 969. The number of carbonyl (C=O) groups is 3. The molecule has 2 aromatic rings. The van der Waals surface area contributed by atoms with Crippen LogP contribution < -0.4 is 5.32 Å². The number of carbonyl (C=O) groups excluding carboxylic acids is 2. The Hall–Kier alpha value is -3.35. The molecule has 7 nitrogen and oxygen atoms in total. The molecule has 1 aliphatic heterocycles. The highest BCUT2D eigenvalue weighted by atomic mass is 16.5. The van der Waals surface area contributed by atoms with E-state index in [1.807, 2.05) is 24.3 Å². The number of likely N-dealkylation sites (tertiary alicyclic amines) is 1. The molecule has 32 heavy (non-hydrogen) atoms. The molecule has 0 bridgehead atoms. The van der Waals surface area contributed by atoms with Crippen LogP contribution >= 0.6 is 0 Å². The van der Waals surface area contributed by atoms with Gasteiger partial charge in [-0.25, -0.2) is 4.79 Å². The van der Waals surface area contributed by atoms with Crippen molar-refractivity contribution in [2.75, 3.05) is 19.7 Å². The summed E-state index contributed by atoms with van der Waals surface area (Å²) in [5.41, 5.74) is 4.60. The van der Waals surface area contributed by atoms with Gasteiger partial charge in [0.25, 0.3) is 0 Å². The predicted octanol–water partition coefficient (Wildman–Crippen LogP) is 3.63. The van der Waals surface area contributed by atoms with Crippen LogP contribution in [0, 0.1) is 5.92 Å². The lowest BCUT2D eigenvalue weighted by Gasteiger charge is -2.40. The predicted molar refractivity (Wildman–Crippen MR) is 119 cm³/mol. The lowest BCUT2D eigenvalue weighted by atomic mass is 9.93. The monoisotopic (exact) mass is 436 g/mol. The molecule has 0 aromatic heterocycles. The van der Waals surface area contributed by atoms with Gasteiger partial charge < -0.3 is 20.1 Å². The molecule has 0 saturated carbocycles. The van der Waals surface area contributed by atoms with Crippen LogP contribution in [-0.2, 0) is 14.3 Å². The number of ether oxygens (including phenoxy) is 1. The van der Waals surface area contributed by atoms with Crippen molar-refractivity contribution in [2.24, 2.45) is 5.92 Å². The second-order valence-electron chi connectivity index (χ2n) is 8.59. The van der Waals surface area contributed by atoms with E-state index in [9.17, 15) is 14.4 Å². The molecule has 2 aromatic carbocycles. The average molecular weight is 437 g/mol. The first kappa shape index (κ1) is 21.9. The third-order valence-corrected chi connectivity index (χ3v) is 6.32. The number of hydrogen-bond donors (Lipinski definition) is 2. The van der Waals surface area contributed by atoms with Gasteiger partial charge >= 0.3 is 12.1 Å². The van der Waals surface area contributed by atoms with Gasteiger partial charge in [-0.3, -0.25) is 9.59 Å². The van der Waals surface area contributed by atoms with E-state index in [1.54, 1.807) is 11.8 Å². The van der Waals surface area contributed by atoms with Crippen molar-refractivity contribution in [1.82, 2.24) is 10.2 Å². The van der Waals surface area contributed by atoms with E-state index in [2.05, 4.69) is 29.6 Å². The van der Waals surface area contributed by atoms with Crippen LogP contribution in [0.1, 0.15) is 43.2 Å². The SMILES string of the molecule is C[C@H](NC(=O)OCC1c2ccccc2-c2ccccc21)C(=O)N1CC(CCCC(=O)O)C1. The minimum atomic E-state index is -0.793. The van der Waals surface area contributed by atoms with Gasteiger partial charge in [0.05, 0.1) is 0 Å². The Kier molecular flexibility index (Phi) is 6.44. The maximum atomic E-state index is 12.5. The molecular weight excluding hydrogens is 408 g/mol. The van der Waals surface area contributed by atoms with Crippen LogP contribution in [0.15, 0.2) is 48.5 Å². The van der Waals surface area contributed by atoms with Gasteiger partial charge in [0, 0.05) is 25.4 Å². The molecular formula is C25H28N2O5. The van der Waals surface area contributed by atoms with Crippen molar-refractivity contribution in [3.8, 4) is 11.1 Å². The van der Waals surface area contributed by atoms with E-state index in [4.69, 9.17) is 9.84 Å². The van der Waals surface area contributed by atoms with Gasteiger partial charge in [-0.05, 0) is 47.9 Å². The van der Waals surface area contributed by atoms with Crippen molar-refractivity contribution in [1.29, 1.82) is 0 Å². The maximum Gasteiger partial charge on any atom is 0.407 e. The number of nitrogens with zero attached hydrogens (tertiary/aromatic N) is 1. The van der Waals surface area contributed by atoms with Crippen molar-refractivity contribution >= 4 is 18.0 Å². The fourth-order valence-electron chi connectivity index (χ4n) is 4.63. The number of nitrogens with one attached hydrogen (secondary N) is 1. The van der Waals surface area contributed by atoms with Gasteiger partial charge in [-0.2, -0.15) is 0 Å². The molecule has 7 heteroatoms. The largest absolute Gasteiger partial charge is 0.481 e. The first-order valence-electron chi connectivity index (χ1n) is 11.1. The topological polar surface area (TPSA) is 95.9 Å². The standard InChI is InChI=1S/C25H28N2O5/c1-16(24(30)27-13-17(14-27)7-6-12-23(28)29)26-25(31)32-15-22-20-10-4-2-8-18(20)19-9-3-5-11-21(19)22/h2-5,8-11,16-17,22H,6-7,12-15H2,1H3,(H,26,31)(H,28,29)/t16-/m0/s1. The number of alkyl carbamates (subject to hydrolysis) is 1. The second-order valence-corrected chi connectivity index (χ2v) is 8.59. The molecule has 0 spiro atoms. The zero-order valence-electron chi connectivity index (χ0n) is 18.1. The Morgan fingerprint density at radius 3 is 2.25 bits per heavy atom. The third kappa shape index (κ3) is 4.61. The van der Waals surface area contributed by atoms with Gasteiger partial charge in [0.2, 0.25) is 5.91 Å². The van der Waals surface area contributed by atoms with Gasteiger partial charge in [-0.1, -0.05) is 48.5 Å². The maximum absolute atomic E-state index is 12.5. The van der Waals surface area contributed by atoms with E-state index in [1.165, 1.54) is 0 Å². The molecule has 168 valence electrons. The molecule has 0 unspecified atom stereocenters. The number of rotatable bonds is 8. The summed E-state index contributed by atoms with van der Waals surface area (Å²) < 4.78 is 5.51. The molecule has 2 N–H and O–H groups in total. The quantitative estimate of drug-likeness (QED) is 0.659. The highest BCUT2D eigenvalue weighted by Gasteiger charge is 2.34. The fraction of sp³-hybridized carbons (Fsp3) is 0.400. The number of amides is 2. The summed E-state index contributed by atoms with van der Waals surface area (Å²) in [6.07, 6.45) is 0.968. The fourth-order valence-corrected chi connectivity index (χ4v) is 4.63. The number of benzene rings is 2. The molecule has 1 atom stereocenters. The second kappa shape index (κ2) is 9.42. The van der Waals surface area contributed by atoms with E-state index in [0.717, 1.165) is 28.7 Å². The number of aliphatic carboxylic acids is 1. The van der Waals surface area contributed by atoms with Crippen molar-refractivity contribution in [2.45, 2.75) is 38.1 Å². The average Bonchev–Trinajstić information content (AvgIpc) is 3.07. The van der Waals surface area contributed by atoms with Crippen molar-refractivity contribution < 1.29 is 24.2 Å². The summed E-state index contributed by atoms with van der Waals surface area (Å²) in [5, 5.41) is 11.4. The Morgan fingerprint density at radius 1 is 1.06 bits per heavy atom. The van der Waals surface area contributed by atoms with Crippen LogP contribution in [0.2, 0.25) is 0 Å². The molecule has 0 radical (unpaired) electrons. The zero-order valence-corrected chi connectivity index (χ0v) is 18.1. The Balaban J connectivity index is 1.25. The van der Waals surface area contributed by atoms with Gasteiger partial charge in [0.1, 0.15) is 12.6 Å². The van der Waals surface area contributed by atoms with Crippen LogP contribution in [0.25, 0.3) is 11.1 Å². The zero-order chi connectivity index (χ0) is 22.7. The van der Waals surface area contributed by atoms with Crippen LogP contribution in [-0.4, -0.2) is 53.7 Å². The number of hydrogen-bond acceptors (Lipinski definition) is 4.